The zero-order valence-electron chi connectivity index (χ0n) is 10.4. The first-order valence-electron chi connectivity index (χ1n) is 5.91. The summed E-state index contributed by atoms with van der Waals surface area (Å²) in [7, 11) is 0. The molecule has 1 aliphatic heterocycles. The largest absolute Gasteiger partial charge is 0.326 e. The highest BCUT2D eigenvalue weighted by Crippen LogP contribution is 2.25. The lowest BCUT2D eigenvalue weighted by Gasteiger charge is -2.18. The van der Waals surface area contributed by atoms with Gasteiger partial charge in [-0.2, -0.15) is 14.9 Å². The zero-order valence-corrected chi connectivity index (χ0v) is 10.4. The number of amides is 1. The van der Waals surface area contributed by atoms with Crippen molar-refractivity contribution in [2.45, 2.75) is 19.4 Å². The van der Waals surface area contributed by atoms with Crippen LogP contribution in [-0.2, 0) is 4.79 Å². The lowest BCUT2D eigenvalue weighted by Crippen LogP contribution is -2.30. The Balaban J connectivity index is 2.26. The van der Waals surface area contributed by atoms with E-state index in [0.29, 0.717) is 23.6 Å². The molecule has 0 radical (unpaired) electrons. The second-order valence-electron chi connectivity index (χ2n) is 4.63. The Morgan fingerprint density at radius 3 is 3.00 bits per heavy atom. The molecule has 1 fully saturated rings. The van der Waals surface area contributed by atoms with E-state index in [1.54, 1.807) is 6.07 Å². The van der Waals surface area contributed by atoms with Gasteiger partial charge in [-0.25, -0.2) is 4.98 Å². The predicted molar refractivity (Wildman–Crippen MR) is 67.4 cm³/mol. The maximum Gasteiger partial charge on any atom is 0.229 e. The van der Waals surface area contributed by atoms with Crippen LogP contribution in [0.3, 0.4) is 0 Å². The topological polar surface area (TPSA) is 100 Å². The third-order valence-electron chi connectivity index (χ3n) is 3.11. The summed E-state index contributed by atoms with van der Waals surface area (Å²) >= 11 is 0. The van der Waals surface area contributed by atoms with E-state index < -0.39 is 0 Å². The maximum atomic E-state index is 12.0. The van der Waals surface area contributed by atoms with E-state index in [4.69, 9.17) is 5.73 Å². The van der Waals surface area contributed by atoms with Crippen LogP contribution in [0.15, 0.2) is 12.3 Å². The molecule has 0 bridgehead atoms. The highest BCUT2D eigenvalue weighted by atomic mass is 16.2. The highest BCUT2D eigenvalue weighted by molar-refractivity contribution is 5.96. The maximum absolute atomic E-state index is 12.0. The summed E-state index contributed by atoms with van der Waals surface area (Å²) in [5.41, 5.74) is 7.51. The summed E-state index contributed by atoms with van der Waals surface area (Å²) < 4.78 is 1.53. The molecule has 19 heavy (non-hydrogen) atoms. The SMILES string of the molecule is Cc1cc2ncc(C#N)c(N3CC(N)CC3=O)n2n1. The molecule has 7 heteroatoms. The number of nitrogens with zero attached hydrogens (tertiary/aromatic N) is 5. The van der Waals surface area contributed by atoms with Gasteiger partial charge in [-0.15, -0.1) is 0 Å². The number of aromatic nitrogens is 3. The van der Waals surface area contributed by atoms with Gasteiger partial charge in [0.15, 0.2) is 11.5 Å². The second-order valence-corrected chi connectivity index (χ2v) is 4.63. The number of hydrogen-bond acceptors (Lipinski definition) is 5. The zero-order chi connectivity index (χ0) is 13.6. The number of fused-ring (bicyclic) bond motifs is 1. The van der Waals surface area contributed by atoms with Crippen molar-refractivity contribution in [2.24, 2.45) is 5.73 Å². The number of rotatable bonds is 1. The average molecular weight is 256 g/mol. The van der Waals surface area contributed by atoms with E-state index in [2.05, 4.69) is 16.2 Å². The smallest absolute Gasteiger partial charge is 0.229 e. The van der Waals surface area contributed by atoms with Crippen molar-refractivity contribution in [3.63, 3.8) is 0 Å². The third kappa shape index (κ3) is 1.73. The lowest BCUT2D eigenvalue weighted by atomic mass is 10.3. The summed E-state index contributed by atoms with van der Waals surface area (Å²) in [6.07, 6.45) is 1.75. The fourth-order valence-corrected chi connectivity index (χ4v) is 2.31. The number of aryl methyl sites for hydroxylation is 1. The average Bonchev–Trinajstić information content (AvgIpc) is 2.89. The van der Waals surface area contributed by atoms with Crippen molar-refractivity contribution in [1.29, 1.82) is 5.26 Å². The molecule has 2 aromatic heterocycles. The number of nitriles is 1. The minimum atomic E-state index is -0.209. The molecule has 2 aromatic rings. The first-order valence-corrected chi connectivity index (χ1v) is 5.91. The number of carbonyl (C=O) groups excluding carboxylic acids is 1. The second kappa shape index (κ2) is 4.03. The molecule has 0 spiro atoms. The van der Waals surface area contributed by atoms with E-state index in [9.17, 15) is 10.1 Å². The Morgan fingerprint density at radius 1 is 1.58 bits per heavy atom. The van der Waals surface area contributed by atoms with Gasteiger partial charge in [-0.3, -0.25) is 9.69 Å². The molecular formula is C12H12N6O. The van der Waals surface area contributed by atoms with Crippen molar-refractivity contribution < 1.29 is 4.79 Å². The molecule has 1 aliphatic rings. The molecule has 96 valence electrons. The number of hydrogen-bond donors (Lipinski definition) is 1. The molecule has 3 heterocycles. The van der Waals surface area contributed by atoms with Crippen LogP contribution in [0, 0.1) is 18.3 Å². The summed E-state index contributed by atoms with van der Waals surface area (Å²) in [5.74, 6) is 0.364. The van der Waals surface area contributed by atoms with Crippen LogP contribution in [-0.4, -0.2) is 33.1 Å². The van der Waals surface area contributed by atoms with Gasteiger partial charge >= 0.3 is 0 Å². The Bertz CT molecular complexity index is 713. The van der Waals surface area contributed by atoms with E-state index in [-0.39, 0.29) is 18.4 Å². The predicted octanol–water partition coefficient (Wildman–Crippen LogP) is -0.0266. The van der Waals surface area contributed by atoms with Gasteiger partial charge in [0.05, 0.1) is 11.9 Å². The van der Waals surface area contributed by atoms with Crippen LogP contribution in [0.5, 0.6) is 0 Å². The van der Waals surface area contributed by atoms with Crippen molar-refractivity contribution in [2.75, 3.05) is 11.4 Å². The summed E-state index contributed by atoms with van der Waals surface area (Å²) in [6, 6.07) is 3.64. The Labute approximate surface area is 109 Å². The Kier molecular flexibility index (Phi) is 2.47. The molecule has 1 amide bonds. The van der Waals surface area contributed by atoms with Gasteiger partial charge in [0.1, 0.15) is 11.6 Å². The van der Waals surface area contributed by atoms with Gasteiger partial charge in [0.25, 0.3) is 0 Å². The van der Waals surface area contributed by atoms with Crippen molar-refractivity contribution >= 4 is 17.4 Å². The van der Waals surface area contributed by atoms with E-state index >= 15 is 0 Å². The first kappa shape index (κ1) is 11.6. The molecule has 7 nitrogen and oxygen atoms in total. The fourth-order valence-electron chi connectivity index (χ4n) is 2.31. The molecule has 0 saturated carbocycles. The van der Waals surface area contributed by atoms with Crippen LogP contribution in [0.25, 0.3) is 5.65 Å². The number of nitrogens with two attached hydrogens (primary N) is 1. The van der Waals surface area contributed by atoms with Crippen LogP contribution < -0.4 is 10.6 Å². The van der Waals surface area contributed by atoms with Crippen molar-refractivity contribution in [3.05, 3.63) is 23.5 Å². The Hall–Kier alpha value is -2.46. The number of anilines is 1. The molecule has 3 rings (SSSR count). The van der Waals surface area contributed by atoms with Crippen molar-refractivity contribution in [1.82, 2.24) is 14.6 Å². The van der Waals surface area contributed by atoms with Crippen LogP contribution >= 0.6 is 0 Å². The van der Waals surface area contributed by atoms with Gasteiger partial charge < -0.3 is 5.73 Å². The molecule has 0 aromatic carbocycles. The van der Waals surface area contributed by atoms with Gasteiger partial charge in [-0.1, -0.05) is 0 Å². The van der Waals surface area contributed by atoms with Gasteiger partial charge in [0, 0.05) is 25.1 Å². The first-order chi connectivity index (χ1) is 9.10. The van der Waals surface area contributed by atoms with E-state index in [0.717, 1.165) is 5.69 Å². The molecule has 1 atom stereocenters. The molecular weight excluding hydrogens is 244 g/mol. The summed E-state index contributed by atoms with van der Waals surface area (Å²) in [5, 5.41) is 13.5. The standard InChI is InChI=1S/C12H12N6O/c1-7-2-10-15-5-8(4-13)12(18(10)16-7)17-6-9(14)3-11(17)19/h2,5,9H,3,6,14H2,1H3. The normalized spacial score (nSPS) is 19.1. The summed E-state index contributed by atoms with van der Waals surface area (Å²) in [4.78, 5) is 17.7. The quantitative estimate of drug-likeness (QED) is 0.772. The minimum absolute atomic E-state index is 0.0929. The summed E-state index contributed by atoms with van der Waals surface area (Å²) in [6.45, 7) is 2.23. The molecule has 2 N–H and O–H groups in total. The molecule has 1 saturated heterocycles. The third-order valence-corrected chi connectivity index (χ3v) is 3.11. The molecule has 0 aliphatic carbocycles. The lowest BCUT2D eigenvalue weighted by molar-refractivity contribution is -0.117. The van der Waals surface area contributed by atoms with Crippen LogP contribution in [0.2, 0.25) is 0 Å². The van der Waals surface area contributed by atoms with Gasteiger partial charge in [-0.05, 0) is 6.92 Å². The Morgan fingerprint density at radius 2 is 2.37 bits per heavy atom. The fraction of sp³-hybridized carbons (Fsp3) is 0.333. The molecule has 1 unspecified atom stereocenters. The number of carbonyl (C=O) groups is 1. The van der Waals surface area contributed by atoms with Gasteiger partial charge in [0.2, 0.25) is 5.91 Å². The monoisotopic (exact) mass is 256 g/mol. The highest BCUT2D eigenvalue weighted by Gasteiger charge is 2.31. The van der Waals surface area contributed by atoms with E-state index in [1.807, 2.05) is 6.92 Å². The minimum Gasteiger partial charge on any atom is -0.326 e. The van der Waals surface area contributed by atoms with Crippen molar-refractivity contribution in [3.8, 4) is 6.07 Å². The van der Waals surface area contributed by atoms with Crippen LogP contribution in [0.4, 0.5) is 5.82 Å². The van der Waals surface area contributed by atoms with Crippen LogP contribution in [0.1, 0.15) is 17.7 Å². The van der Waals surface area contributed by atoms with E-state index in [1.165, 1.54) is 15.6 Å².